The van der Waals surface area contributed by atoms with Gasteiger partial charge in [-0.3, -0.25) is 0 Å². The maximum atomic E-state index is 12.5. The lowest BCUT2D eigenvalue weighted by Gasteiger charge is -2.11. The third-order valence-corrected chi connectivity index (χ3v) is 20.6. The maximum absolute atomic E-state index is 12.5. The summed E-state index contributed by atoms with van der Waals surface area (Å²) in [6.45, 7) is 36.9. The molecule has 0 aromatic heterocycles. The van der Waals surface area contributed by atoms with E-state index in [2.05, 4.69) is 41.5 Å². The molecule has 24 heteroatoms. The van der Waals surface area contributed by atoms with E-state index in [1.54, 1.807) is 159 Å². The Morgan fingerprint density at radius 3 is 0.463 bits per heavy atom. The summed E-state index contributed by atoms with van der Waals surface area (Å²) in [7, 11) is 0. The van der Waals surface area contributed by atoms with Crippen LogP contribution in [0.3, 0.4) is 0 Å². The van der Waals surface area contributed by atoms with Crippen molar-refractivity contribution in [3.63, 3.8) is 0 Å². The van der Waals surface area contributed by atoms with Crippen molar-refractivity contribution in [1.29, 1.82) is 0 Å². The number of unbranched alkanes of at least 4 members (excludes halogenated alkanes) is 22. The minimum Gasteiger partial charge on any atom is -0.462 e. The van der Waals surface area contributed by atoms with Gasteiger partial charge in [0.15, 0.2) is 0 Å². The normalized spacial score (nSPS) is 10.5. The van der Waals surface area contributed by atoms with Crippen molar-refractivity contribution in [3.8, 4) is 0 Å². The number of rotatable bonds is 60. The average Bonchev–Trinajstić information content (AvgIpc) is 0.872. The lowest BCUT2D eigenvalue weighted by atomic mass is 10.1. The Hall–Kier alpha value is -11.0. The molecule has 0 unspecified atom stereocenters. The second-order valence-corrected chi connectivity index (χ2v) is 34.6. The minimum atomic E-state index is -0.508. The van der Waals surface area contributed by atoms with E-state index in [1.807, 2.05) is 55.4 Å². The zero-order chi connectivity index (χ0) is 101. The molecule has 0 aliphatic carbocycles. The van der Waals surface area contributed by atoms with Crippen molar-refractivity contribution < 1.29 is 114 Å². The smallest absolute Gasteiger partial charge is 0.339 e. The molecule has 0 fully saturated rings. The Labute approximate surface area is 813 Å². The molecular weight excluding hydrogens is 1730 g/mol. The molecule has 6 aromatic rings. The van der Waals surface area contributed by atoms with E-state index in [0.29, 0.717) is 89.0 Å². The van der Waals surface area contributed by atoms with Crippen LogP contribution in [-0.2, 0) is 56.8 Å². The molecule has 0 saturated heterocycles. The number of carbonyl (C=O) groups excluding carboxylic acids is 12. The van der Waals surface area contributed by atoms with E-state index in [9.17, 15) is 57.5 Å². The lowest BCUT2D eigenvalue weighted by Crippen LogP contribution is -2.17. The van der Waals surface area contributed by atoms with Crippen LogP contribution in [0.2, 0.25) is 0 Å². The van der Waals surface area contributed by atoms with Gasteiger partial charge in [-0.2, -0.15) is 0 Å². The number of hydrogen-bond acceptors (Lipinski definition) is 24. The fraction of sp³-hybridized carbons (Fsp3) is 0.571. The van der Waals surface area contributed by atoms with Gasteiger partial charge in [0, 0.05) is 0 Å². The Morgan fingerprint density at radius 1 is 0.169 bits per heavy atom. The summed E-state index contributed by atoms with van der Waals surface area (Å²) in [5.74, 6) is -3.75. The SMILES string of the molecule is CC(C)CCCCCOC(=O)c1ccccc1C(=O)OCCCCCC(C)C.CC(C)COC(=O)c1ccccc1C(=O)OCC(C)C.CCCCCCCCCCOC(=O)c1ccccc1C(=O)OCCCCCCCCCC.CCCCOC(=O)c1ccccc1C(=O)OCCCC.CCCCOC(=O)c1ccccc1C(=O)OCCCC.CCOC(=O)c1ccccc1C(=O)OCC. The molecule has 0 aliphatic rings. The van der Waals surface area contributed by atoms with Gasteiger partial charge in [0.05, 0.1) is 146 Å². The summed E-state index contributed by atoms with van der Waals surface area (Å²) in [6, 6.07) is 39.7. The van der Waals surface area contributed by atoms with E-state index in [1.165, 1.54) is 89.9 Å². The van der Waals surface area contributed by atoms with Crippen molar-refractivity contribution in [1.82, 2.24) is 0 Å². The Bertz CT molecular complexity index is 3960. The summed E-state index contributed by atoms with van der Waals surface area (Å²) in [5, 5.41) is 0. The van der Waals surface area contributed by atoms with Gasteiger partial charge in [0.2, 0.25) is 0 Å². The van der Waals surface area contributed by atoms with Crippen molar-refractivity contribution in [2.75, 3.05) is 79.3 Å². The third kappa shape index (κ3) is 57.1. The van der Waals surface area contributed by atoms with E-state index in [4.69, 9.17) is 56.8 Å². The van der Waals surface area contributed by atoms with Gasteiger partial charge in [-0.05, 0) is 162 Å². The van der Waals surface area contributed by atoms with Crippen molar-refractivity contribution in [2.45, 2.75) is 316 Å². The summed E-state index contributed by atoms with van der Waals surface area (Å²) < 4.78 is 62.1. The first-order chi connectivity index (χ1) is 65.6. The average molecular weight is 1890 g/mol. The number of ether oxygens (including phenoxy) is 12. The predicted octanol–water partition coefficient (Wildman–Crippen LogP) is 27.3. The molecule has 0 amide bonds. The largest absolute Gasteiger partial charge is 0.462 e. The Morgan fingerprint density at radius 2 is 0.309 bits per heavy atom. The van der Waals surface area contributed by atoms with E-state index in [-0.39, 0.29) is 80.7 Å². The summed E-state index contributed by atoms with van der Waals surface area (Å²) >= 11 is 0. The number of benzene rings is 6. The van der Waals surface area contributed by atoms with Gasteiger partial charge in [0.1, 0.15) is 0 Å². The van der Waals surface area contributed by atoms with Crippen LogP contribution in [0.5, 0.6) is 0 Å². The molecule has 0 bridgehead atoms. The lowest BCUT2D eigenvalue weighted by molar-refractivity contribution is 0.0412. The molecule has 0 heterocycles. The Kier molecular flexibility index (Phi) is 72.4. The van der Waals surface area contributed by atoms with Crippen LogP contribution in [-0.4, -0.2) is 151 Å². The topological polar surface area (TPSA) is 316 Å². The zero-order valence-electron chi connectivity index (χ0n) is 85.1. The van der Waals surface area contributed by atoms with Crippen molar-refractivity contribution >= 4 is 71.6 Å². The van der Waals surface area contributed by atoms with Crippen LogP contribution in [0.15, 0.2) is 146 Å². The van der Waals surface area contributed by atoms with Crippen molar-refractivity contribution in [2.24, 2.45) is 23.7 Å². The van der Waals surface area contributed by atoms with Crippen LogP contribution in [0.1, 0.15) is 441 Å². The zero-order valence-corrected chi connectivity index (χ0v) is 85.1. The fourth-order valence-corrected chi connectivity index (χ4v) is 12.7. The summed E-state index contributed by atoms with van der Waals surface area (Å²) in [4.78, 5) is 144. The van der Waals surface area contributed by atoms with Gasteiger partial charge < -0.3 is 56.8 Å². The number of hydrogen-bond donors (Lipinski definition) is 0. The second-order valence-electron chi connectivity index (χ2n) is 34.6. The van der Waals surface area contributed by atoms with Crippen LogP contribution >= 0.6 is 0 Å². The monoisotopic (exact) mass is 1890 g/mol. The highest BCUT2D eigenvalue weighted by Crippen LogP contribution is 2.22. The molecular formula is C112H164O24. The van der Waals surface area contributed by atoms with E-state index < -0.39 is 71.6 Å². The molecule has 0 radical (unpaired) electrons. The first-order valence-corrected chi connectivity index (χ1v) is 50.2. The van der Waals surface area contributed by atoms with Crippen LogP contribution in [0.4, 0.5) is 0 Å². The minimum absolute atomic E-state index is 0.239. The highest BCUT2D eigenvalue weighted by Gasteiger charge is 2.26. The first kappa shape index (κ1) is 123. The molecule has 0 atom stereocenters. The molecule has 0 N–H and O–H groups in total. The molecule has 0 spiro atoms. The van der Waals surface area contributed by atoms with Crippen LogP contribution in [0, 0.1) is 23.7 Å². The van der Waals surface area contributed by atoms with Gasteiger partial charge in [-0.15, -0.1) is 0 Å². The number of carbonyl (C=O) groups is 12. The highest BCUT2D eigenvalue weighted by molar-refractivity contribution is 6.07. The first-order valence-electron chi connectivity index (χ1n) is 50.2. The van der Waals surface area contributed by atoms with E-state index in [0.717, 1.165) is 116 Å². The van der Waals surface area contributed by atoms with Crippen LogP contribution < -0.4 is 0 Å². The molecule has 0 saturated carbocycles. The van der Waals surface area contributed by atoms with E-state index >= 15 is 0 Å². The standard InChI is InChI=1S/C28H46O4.C24H38O4.3C16H22O4.C12H14O4/c1-3-5-7-9-11-13-15-19-23-31-27(29)25-21-17-18-22-26(25)28(30)32-24-20-16-14-12-10-8-6-4-2;1-19(2)13-7-5-11-17-27-23(25)21-15-9-10-16-22(21)24(26)28-18-12-6-8-14-20(3)4;1-11(2)9-19-15(17)13-7-5-6-8-14(13)16(18)20-10-12(3)4;2*1-3-5-11-19-15(17)13-9-7-8-10-14(13)16(18)20-12-6-4-2;1-3-15-11(13)9-7-5-6-8-10(9)12(14)16-4-2/h17-18,21-22H,3-16,19-20,23-24H2,1-2H3;9-10,15-16,19-20H,5-8,11-14,17-18H2,1-4H3;5-8,11-12H,9-10H2,1-4H3;2*7-10H,3-6,11-12H2,1-2H3;5-8H,3-4H2,1-2H3. The molecule has 0 aliphatic heterocycles. The molecule has 136 heavy (non-hydrogen) atoms. The quantitative estimate of drug-likeness (QED) is 0.0194. The Balaban J connectivity index is 0.000000828. The second kappa shape index (κ2) is 80.1. The molecule has 24 nitrogen and oxygen atoms in total. The van der Waals surface area contributed by atoms with Gasteiger partial charge in [0.25, 0.3) is 0 Å². The van der Waals surface area contributed by atoms with Gasteiger partial charge in [-0.1, -0.05) is 324 Å². The van der Waals surface area contributed by atoms with Crippen molar-refractivity contribution in [3.05, 3.63) is 212 Å². The van der Waals surface area contributed by atoms with Crippen LogP contribution in [0.25, 0.3) is 0 Å². The molecule has 6 aromatic carbocycles. The highest BCUT2D eigenvalue weighted by atomic mass is 16.6. The predicted molar refractivity (Wildman–Crippen MR) is 535 cm³/mol. The number of esters is 12. The maximum Gasteiger partial charge on any atom is 0.339 e. The fourth-order valence-electron chi connectivity index (χ4n) is 12.7. The summed E-state index contributed by atoms with van der Waals surface area (Å²) in [5.41, 5.74) is 3.23. The third-order valence-electron chi connectivity index (χ3n) is 20.6. The summed E-state index contributed by atoms with van der Waals surface area (Å²) in [6.07, 6.45) is 34.7. The molecule has 756 valence electrons. The molecule has 6 rings (SSSR count). The van der Waals surface area contributed by atoms with Gasteiger partial charge >= 0.3 is 71.6 Å². The van der Waals surface area contributed by atoms with Gasteiger partial charge in [-0.25, -0.2) is 57.5 Å².